The third kappa shape index (κ3) is 3.41. The Hall–Kier alpha value is -2.77. The Morgan fingerprint density at radius 1 is 1.21 bits per heavy atom. The molecule has 148 valence electrons. The van der Waals surface area contributed by atoms with Gasteiger partial charge in [-0.15, -0.1) is 0 Å². The second-order valence-corrected chi connectivity index (χ2v) is 8.60. The zero-order valence-electron chi connectivity index (χ0n) is 16.1. The number of carbonyl (C=O) groups is 1. The number of likely N-dealkylation sites (tertiary alicyclic amines) is 1. The van der Waals surface area contributed by atoms with Crippen LogP contribution in [-0.2, 0) is 0 Å². The summed E-state index contributed by atoms with van der Waals surface area (Å²) in [5.41, 5.74) is 2.73. The van der Waals surface area contributed by atoms with Gasteiger partial charge in [0.25, 0.3) is 5.91 Å². The number of fused-ring (bicyclic) bond motifs is 3. The van der Waals surface area contributed by atoms with Gasteiger partial charge in [0.15, 0.2) is 4.96 Å². The van der Waals surface area contributed by atoms with Gasteiger partial charge < -0.3 is 10.2 Å². The maximum absolute atomic E-state index is 14.1. The lowest BCUT2D eigenvalue weighted by Crippen LogP contribution is -2.43. The lowest BCUT2D eigenvalue weighted by molar-refractivity contribution is 0.0917. The van der Waals surface area contributed by atoms with Crippen molar-refractivity contribution in [1.29, 1.82) is 0 Å². The number of nitrogens with one attached hydrogen (secondary N) is 1. The Morgan fingerprint density at radius 2 is 2.00 bits per heavy atom. The minimum absolute atomic E-state index is 0.0282. The van der Waals surface area contributed by atoms with Crippen LogP contribution in [0.5, 0.6) is 0 Å². The van der Waals surface area contributed by atoms with Crippen molar-refractivity contribution in [3.63, 3.8) is 0 Å². The molecule has 4 aromatic rings. The summed E-state index contributed by atoms with van der Waals surface area (Å²) < 4.78 is 17.0. The van der Waals surface area contributed by atoms with E-state index in [0.29, 0.717) is 16.8 Å². The van der Waals surface area contributed by atoms with Gasteiger partial charge in [-0.2, -0.15) is 0 Å². The average Bonchev–Trinajstić information content (AvgIpc) is 3.27. The van der Waals surface area contributed by atoms with E-state index in [9.17, 15) is 9.18 Å². The summed E-state index contributed by atoms with van der Waals surface area (Å²) >= 11 is 1.50. The number of nitrogens with zero attached hydrogens (tertiary/aromatic N) is 3. The highest BCUT2D eigenvalue weighted by molar-refractivity contribution is 7.23. The molecule has 1 N–H and O–H groups in total. The Bertz CT molecular complexity index is 1210. The largest absolute Gasteiger partial charge is 0.349 e. The molecule has 1 fully saturated rings. The SMILES string of the molecule is CN1CCC(NC(=O)c2ccc3c(c2)sc2nc(-c4ccccc4F)cn23)CC1. The molecule has 2 aromatic heterocycles. The van der Waals surface area contributed by atoms with E-state index in [-0.39, 0.29) is 17.8 Å². The van der Waals surface area contributed by atoms with Crippen LogP contribution in [0.1, 0.15) is 23.2 Å². The van der Waals surface area contributed by atoms with Gasteiger partial charge in [-0.1, -0.05) is 23.5 Å². The number of rotatable bonds is 3. The number of imidazole rings is 1. The molecule has 29 heavy (non-hydrogen) atoms. The van der Waals surface area contributed by atoms with Crippen LogP contribution in [0.25, 0.3) is 26.4 Å². The molecule has 0 unspecified atom stereocenters. The van der Waals surface area contributed by atoms with E-state index < -0.39 is 0 Å². The number of piperidine rings is 1. The molecule has 7 heteroatoms. The highest BCUT2D eigenvalue weighted by Gasteiger charge is 2.20. The van der Waals surface area contributed by atoms with Crippen LogP contribution in [0.3, 0.4) is 0 Å². The first-order valence-electron chi connectivity index (χ1n) is 9.74. The van der Waals surface area contributed by atoms with E-state index in [1.54, 1.807) is 18.2 Å². The Kier molecular flexibility index (Phi) is 4.56. The van der Waals surface area contributed by atoms with Crippen LogP contribution in [-0.4, -0.2) is 46.4 Å². The smallest absolute Gasteiger partial charge is 0.251 e. The minimum Gasteiger partial charge on any atom is -0.349 e. The van der Waals surface area contributed by atoms with Crippen LogP contribution in [0.15, 0.2) is 48.7 Å². The van der Waals surface area contributed by atoms with Crippen molar-refractivity contribution in [2.24, 2.45) is 0 Å². The first kappa shape index (κ1) is 18.3. The highest BCUT2D eigenvalue weighted by Crippen LogP contribution is 2.31. The molecule has 1 amide bonds. The fraction of sp³-hybridized carbons (Fsp3) is 0.273. The fourth-order valence-corrected chi connectivity index (χ4v) is 4.91. The van der Waals surface area contributed by atoms with Crippen molar-refractivity contribution in [3.05, 3.63) is 60.0 Å². The third-order valence-corrected chi connectivity index (χ3v) is 6.58. The highest BCUT2D eigenvalue weighted by atomic mass is 32.1. The molecule has 1 aliphatic heterocycles. The van der Waals surface area contributed by atoms with Crippen LogP contribution < -0.4 is 5.32 Å². The van der Waals surface area contributed by atoms with Crippen LogP contribution >= 0.6 is 11.3 Å². The van der Waals surface area contributed by atoms with Gasteiger partial charge in [-0.25, -0.2) is 9.37 Å². The first-order chi connectivity index (χ1) is 14.1. The molecule has 1 saturated heterocycles. The Morgan fingerprint density at radius 3 is 2.79 bits per heavy atom. The molecule has 0 aliphatic carbocycles. The number of aromatic nitrogens is 2. The first-order valence-corrected chi connectivity index (χ1v) is 10.6. The Balaban J connectivity index is 1.42. The van der Waals surface area contributed by atoms with Crippen molar-refractivity contribution >= 4 is 32.4 Å². The summed E-state index contributed by atoms with van der Waals surface area (Å²) in [5, 5.41) is 3.16. The summed E-state index contributed by atoms with van der Waals surface area (Å²) in [6, 6.07) is 12.6. The quantitative estimate of drug-likeness (QED) is 0.553. The standard InChI is InChI=1S/C22H21FN4OS/c1-26-10-8-15(9-11-26)24-21(28)14-6-7-19-20(12-14)29-22-25-18(13-27(19)22)16-4-2-3-5-17(16)23/h2-7,12-13,15H,8-11H2,1H3,(H,24,28). The zero-order valence-corrected chi connectivity index (χ0v) is 16.9. The van der Waals surface area contributed by atoms with E-state index >= 15 is 0 Å². The molecule has 0 atom stereocenters. The average molecular weight is 409 g/mol. The molecule has 0 saturated carbocycles. The van der Waals surface area contributed by atoms with Gasteiger partial charge >= 0.3 is 0 Å². The van der Waals surface area contributed by atoms with E-state index in [1.165, 1.54) is 17.4 Å². The number of hydrogen-bond acceptors (Lipinski definition) is 4. The topological polar surface area (TPSA) is 49.6 Å². The van der Waals surface area contributed by atoms with Gasteiger partial charge in [0.1, 0.15) is 5.82 Å². The number of amides is 1. The predicted octanol–water partition coefficient (Wildman–Crippen LogP) is 4.18. The fourth-order valence-electron chi connectivity index (χ4n) is 3.86. The number of thiazole rings is 1. The summed E-state index contributed by atoms with van der Waals surface area (Å²) in [6.45, 7) is 2.02. The molecule has 5 rings (SSSR count). The monoisotopic (exact) mass is 408 g/mol. The van der Waals surface area contributed by atoms with Gasteiger partial charge in [0, 0.05) is 23.4 Å². The van der Waals surface area contributed by atoms with Crippen molar-refractivity contribution in [2.45, 2.75) is 18.9 Å². The molecule has 3 heterocycles. The van der Waals surface area contributed by atoms with Crippen LogP contribution in [0.2, 0.25) is 0 Å². The maximum atomic E-state index is 14.1. The van der Waals surface area contributed by atoms with Crippen molar-refractivity contribution in [2.75, 3.05) is 20.1 Å². The lowest BCUT2D eigenvalue weighted by Gasteiger charge is -2.29. The van der Waals surface area contributed by atoms with Gasteiger partial charge in [-0.3, -0.25) is 9.20 Å². The Labute approximate surface area is 171 Å². The van der Waals surface area contributed by atoms with Crippen molar-refractivity contribution in [1.82, 2.24) is 19.6 Å². The van der Waals surface area contributed by atoms with Crippen LogP contribution in [0.4, 0.5) is 4.39 Å². The molecule has 0 spiro atoms. The molecular formula is C22H21FN4OS. The summed E-state index contributed by atoms with van der Waals surface area (Å²) in [5.74, 6) is -0.310. The van der Waals surface area contributed by atoms with Crippen molar-refractivity contribution < 1.29 is 9.18 Å². The number of halogens is 1. The second kappa shape index (κ2) is 7.24. The van der Waals surface area contributed by atoms with Gasteiger partial charge in [0.05, 0.1) is 15.9 Å². The zero-order chi connectivity index (χ0) is 20.0. The summed E-state index contributed by atoms with van der Waals surface area (Å²) in [4.78, 5) is 20.3. The summed E-state index contributed by atoms with van der Waals surface area (Å²) in [7, 11) is 2.11. The third-order valence-electron chi connectivity index (χ3n) is 5.56. The van der Waals surface area contributed by atoms with Crippen LogP contribution in [0, 0.1) is 5.82 Å². The number of benzene rings is 2. The maximum Gasteiger partial charge on any atom is 0.251 e. The molecule has 0 radical (unpaired) electrons. The van der Waals surface area contributed by atoms with E-state index in [1.807, 2.05) is 28.8 Å². The molecular weight excluding hydrogens is 387 g/mol. The van der Waals surface area contributed by atoms with E-state index in [0.717, 1.165) is 41.1 Å². The second-order valence-electron chi connectivity index (χ2n) is 7.59. The van der Waals surface area contributed by atoms with E-state index in [2.05, 4.69) is 22.2 Å². The number of hydrogen-bond donors (Lipinski definition) is 1. The van der Waals surface area contributed by atoms with Crippen molar-refractivity contribution in [3.8, 4) is 11.3 Å². The van der Waals surface area contributed by atoms with Gasteiger partial charge in [0.2, 0.25) is 0 Å². The normalized spacial score (nSPS) is 15.9. The lowest BCUT2D eigenvalue weighted by atomic mass is 10.0. The number of carbonyl (C=O) groups excluding carboxylic acids is 1. The predicted molar refractivity (Wildman–Crippen MR) is 114 cm³/mol. The minimum atomic E-state index is -0.282. The molecule has 1 aliphatic rings. The van der Waals surface area contributed by atoms with Gasteiger partial charge in [-0.05, 0) is 63.3 Å². The molecule has 5 nitrogen and oxygen atoms in total. The van der Waals surface area contributed by atoms with E-state index in [4.69, 9.17) is 0 Å². The summed E-state index contributed by atoms with van der Waals surface area (Å²) in [6.07, 6.45) is 3.82. The molecule has 0 bridgehead atoms. The molecule has 2 aromatic carbocycles.